The first kappa shape index (κ1) is 23.3. The lowest BCUT2D eigenvalue weighted by atomic mass is 9.99. The molecule has 1 aromatic rings. The van der Waals surface area contributed by atoms with Crippen molar-refractivity contribution < 1.29 is 54.7 Å². The fraction of sp³-hybridized carbons (Fsp3) is 0.684. The minimum absolute atomic E-state index is 0.00648. The first-order valence-electron chi connectivity index (χ1n) is 9.60. The zero-order valence-corrected chi connectivity index (χ0v) is 16.3. The van der Waals surface area contributed by atoms with E-state index in [2.05, 4.69) is 0 Å². The second kappa shape index (κ2) is 9.83. The summed E-state index contributed by atoms with van der Waals surface area (Å²) in [5.41, 5.74) is 0.660. The Morgan fingerprint density at radius 1 is 0.767 bits per heavy atom. The monoisotopic (exact) mass is 432 g/mol. The van der Waals surface area contributed by atoms with Crippen LogP contribution in [-0.2, 0) is 20.8 Å². The Bertz CT molecular complexity index is 669. The number of ether oxygens (including phenoxy) is 4. The molecule has 0 aromatic heterocycles. The number of aliphatic hydroxyl groups excluding tert-OH is 7. The topological polar surface area (TPSA) is 179 Å². The molecule has 0 radical (unpaired) electrons. The summed E-state index contributed by atoms with van der Waals surface area (Å²) in [6.07, 6.45) is -12.7. The van der Waals surface area contributed by atoms with E-state index < -0.39 is 68.0 Å². The Balaban J connectivity index is 1.55. The van der Waals surface area contributed by atoms with Crippen LogP contribution in [0.25, 0.3) is 0 Å². The molecule has 10 atom stereocenters. The van der Waals surface area contributed by atoms with Crippen molar-refractivity contribution in [3.05, 3.63) is 29.8 Å². The third kappa shape index (κ3) is 4.92. The predicted molar refractivity (Wildman–Crippen MR) is 98.0 cm³/mol. The second-order valence-electron chi connectivity index (χ2n) is 7.45. The Kier molecular flexibility index (Phi) is 7.63. The van der Waals surface area contributed by atoms with E-state index in [0.29, 0.717) is 11.3 Å². The van der Waals surface area contributed by atoms with Gasteiger partial charge in [-0.15, -0.1) is 0 Å². The van der Waals surface area contributed by atoms with Crippen molar-refractivity contribution in [2.45, 2.75) is 74.9 Å². The van der Waals surface area contributed by atoms with Crippen LogP contribution in [0.5, 0.6) is 5.75 Å². The van der Waals surface area contributed by atoms with Gasteiger partial charge >= 0.3 is 0 Å². The minimum atomic E-state index is -1.52. The van der Waals surface area contributed by atoms with E-state index in [9.17, 15) is 35.7 Å². The van der Waals surface area contributed by atoms with E-state index in [1.165, 1.54) is 0 Å². The molecule has 0 bridgehead atoms. The summed E-state index contributed by atoms with van der Waals surface area (Å²) in [5, 5.41) is 68.3. The molecule has 0 aliphatic carbocycles. The van der Waals surface area contributed by atoms with Crippen LogP contribution >= 0.6 is 0 Å². The van der Waals surface area contributed by atoms with Gasteiger partial charge < -0.3 is 54.7 Å². The van der Waals surface area contributed by atoms with Crippen LogP contribution in [0.2, 0.25) is 0 Å². The molecular formula is C19H28O11. The number of rotatable bonds is 6. The van der Waals surface area contributed by atoms with Crippen molar-refractivity contribution in [1.82, 2.24) is 0 Å². The molecule has 2 heterocycles. The van der Waals surface area contributed by atoms with Crippen LogP contribution in [0.4, 0.5) is 0 Å². The molecule has 2 fully saturated rings. The molecule has 11 nitrogen and oxygen atoms in total. The quantitative estimate of drug-likeness (QED) is 0.247. The largest absolute Gasteiger partial charge is 0.462 e. The fourth-order valence-corrected chi connectivity index (χ4v) is 3.29. The third-order valence-corrected chi connectivity index (χ3v) is 5.25. The molecule has 11 heteroatoms. The van der Waals surface area contributed by atoms with E-state index in [1.54, 1.807) is 31.2 Å². The van der Waals surface area contributed by atoms with Gasteiger partial charge in [-0.1, -0.05) is 12.1 Å². The highest BCUT2D eigenvalue weighted by atomic mass is 16.7. The van der Waals surface area contributed by atoms with Crippen molar-refractivity contribution in [2.24, 2.45) is 0 Å². The maximum Gasteiger partial charge on any atom is 0.229 e. The molecule has 0 spiro atoms. The summed E-state index contributed by atoms with van der Waals surface area (Å²) in [6.45, 7) is 0.999. The Morgan fingerprint density at radius 3 is 2.00 bits per heavy atom. The van der Waals surface area contributed by atoms with Crippen LogP contribution in [0.15, 0.2) is 24.3 Å². The number of benzene rings is 1. The summed E-state index contributed by atoms with van der Waals surface area (Å²) >= 11 is 0. The third-order valence-electron chi connectivity index (χ3n) is 5.25. The van der Waals surface area contributed by atoms with Gasteiger partial charge in [0.05, 0.1) is 19.3 Å². The maximum absolute atomic E-state index is 10.0. The first-order chi connectivity index (χ1) is 14.2. The Hall–Kier alpha value is -1.38. The first-order valence-corrected chi connectivity index (χ1v) is 9.60. The van der Waals surface area contributed by atoms with E-state index in [1.807, 2.05) is 0 Å². The lowest BCUT2D eigenvalue weighted by Crippen LogP contribution is -2.59. The molecule has 0 saturated carbocycles. The smallest absolute Gasteiger partial charge is 0.229 e. The molecule has 2 aliphatic heterocycles. The lowest BCUT2D eigenvalue weighted by Gasteiger charge is -2.39. The molecule has 2 saturated heterocycles. The minimum Gasteiger partial charge on any atom is -0.462 e. The average molecular weight is 432 g/mol. The van der Waals surface area contributed by atoms with Gasteiger partial charge in [-0.05, 0) is 24.6 Å². The Morgan fingerprint density at radius 2 is 1.37 bits per heavy atom. The van der Waals surface area contributed by atoms with Crippen LogP contribution in [0.1, 0.15) is 12.5 Å². The molecular weight excluding hydrogens is 404 g/mol. The zero-order valence-electron chi connectivity index (χ0n) is 16.3. The standard InChI is InChI=1S/C19H28O11/c1-8-12(21)14(23)17(26)19(28-8)29-10-4-2-9(3-5-10)7-27-18-16(25)15(24)13(22)11(6-20)30-18/h2-5,8,11-26H,6-7H2,1H3/t8?,11?,12-,13-,14?,15?,16+,17+,18?,19+/m1/s1. The zero-order chi connectivity index (χ0) is 22.0. The highest BCUT2D eigenvalue weighted by molar-refractivity contribution is 5.27. The van der Waals surface area contributed by atoms with Crippen LogP contribution in [0.3, 0.4) is 0 Å². The molecule has 7 N–H and O–H groups in total. The van der Waals surface area contributed by atoms with Crippen molar-refractivity contribution in [1.29, 1.82) is 0 Å². The van der Waals surface area contributed by atoms with E-state index in [4.69, 9.17) is 18.9 Å². The molecule has 170 valence electrons. The highest BCUT2D eigenvalue weighted by Gasteiger charge is 2.44. The predicted octanol–water partition coefficient (Wildman–Crippen LogP) is -2.79. The van der Waals surface area contributed by atoms with Crippen molar-refractivity contribution >= 4 is 0 Å². The van der Waals surface area contributed by atoms with Gasteiger partial charge in [-0.25, -0.2) is 0 Å². The number of aliphatic hydroxyl groups is 7. The van der Waals surface area contributed by atoms with Gasteiger partial charge in [0.25, 0.3) is 0 Å². The fourth-order valence-electron chi connectivity index (χ4n) is 3.29. The summed E-state index contributed by atoms with van der Waals surface area (Å²) < 4.78 is 21.6. The normalized spacial score (nSPS) is 42.1. The van der Waals surface area contributed by atoms with Gasteiger partial charge in [0.1, 0.15) is 48.5 Å². The van der Waals surface area contributed by atoms with E-state index in [-0.39, 0.29) is 6.61 Å². The number of hydrogen-bond donors (Lipinski definition) is 7. The van der Waals surface area contributed by atoms with Crippen LogP contribution < -0.4 is 4.74 Å². The summed E-state index contributed by atoms with van der Waals surface area (Å²) in [5.74, 6) is 0.339. The highest BCUT2D eigenvalue weighted by Crippen LogP contribution is 2.26. The van der Waals surface area contributed by atoms with Gasteiger partial charge in [0, 0.05) is 0 Å². The lowest BCUT2D eigenvalue weighted by molar-refractivity contribution is -0.304. The van der Waals surface area contributed by atoms with Crippen molar-refractivity contribution in [3.63, 3.8) is 0 Å². The van der Waals surface area contributed by atoms with E-state index >= 15 is 0 Å². The number of hydrogen-bond acceptors (Lipinski definition) is 11. The Labute approximate surface area is 172 Å². The van der Waals surface area contributed by atoms with Gasteiger partial charge in [-0.2, -0.15) is 0 Å². The van der Waals surface area contributed by atoms with Crippen LogP contribution in [0, 0.1) is 0 Å². The van der Waals surface area contributed by atoms with Gasteiger partial charge in [0.15, 0.2) is 6.29 Å². The molecule has 0 amide bonds. The summed E-state index contributed by atoms with van der Waals surface area (Å²) in [4.78, 5) is 0. The van der Waals surface area contributed by atoms with Crippen LogP contribution in [-0.4, -0.2) is 104 Å². The van der Waals surface area contributed by atoms with Crippen molar-refractivity contribution in [3.8, 4) is 5.75 Å². The molecule has 30 heavy (non-hydrogen) atoms. The molecule has 1 aromatic carbocycles. The SMILES string of the molecule is CC1O[C@@H](Oc2ccc(COC3OC(CO)[C@@H](O)C(O)[C@@H]3O)cc2)[C@@H](O)C(O)[C@@H]1O. The summed E-state index contributed by atoms with van der Waals surface area (Å²) in [6, 6.07) is 6.43. The van der Waals surface area contributed by atoms with Gasteiger partial charge in [0.2, 0.25) is 6.29 Å². The average Bonchev–Trinajstić information content (AvgIpc) is 2.75. The molecule has 2 aliphatic rings. The molecule has 5 unspecified atom stereocenters. The van der Waals surface area contributed by atoms with Gasteiger partial charge in [-0.3, -0.25) is 0 Å². The maximum atomic E-state index is 10.0. The second-order valence-corrected chi connectivity index (χ2v) is 7.45. The van der Waals surface area contributed by atoms with E-state index in [0.717, 1.165) is 0 Å². The molecule has 3 rings (SSSR count). The van der Waals surface area contributed by atoms with Crippen molar-refractivity contribution in [2.75, 3.05) is 6.61 Å². The summed E-state index contributed by atoms with van der Waals surface area (Å²) in [7, 11) is 0.